The number of hydrogen-bond acceptors (Lipinski definition) is 4. The molecule has 0 saturated heterocycles. The normalized spacial score (nSPS) is 18.1. The molecule has 1 aromatic heterocycles. The summed E-state index contributed by atoms with van der Waals surface area (Å²) in [4.78, 5) is 28.8. The van der Waals surface area contributed by atoms with Crippen LogP contribution in [0.2, 0.25) is 5.28 Å². The Morgan fingerprint density at radius 1 is 1.23 bits per heavy atom. The first kappa shape index (κ1) is 26.8. The number of halogens is 3. The van der Waals surface area contributed by atoms with Crippen LogP contribution in [0.3, 0.4) is 0 Å². The van der Waals surface area contributed by atoms with Gasteiger partial charge in [-0.25, -0.2) is 13.8 Å². The van der Waals surface area contributed by atoms with E-state index in [9.17, 15) is 23.5 Å². The molecule has 1 aromatic carbocycles. The zero-order chi connectivity index (χ0) is 25.8. The zero-order valence-electron chi connectivity index (χ0n) is 20.0. The van der Waals surface area contributed by atoms with Crippen LogP contribution in [0.5, 0.6) is 0 Å². The van der Waals surface area contributed by atoms with Crippen LogP contribution in [0.15, 0.2) is 18.2 Å². The summed E-state index contributed by atoms with van der Waals surface area (Å²) in [6, 6.07) is 3.50. The van der Waals surface area contributed by atoms with Crippen LogP contribution in [0.4, 0.5) is 8.78 Å². The fourth-order valence-corrected chi connectivity index (χ4v) is 4.40. The molecule has 1 saturated carbocycles. The summed E-state index contributed by atoms with van der Waals surface area (Å²) < 4.78 is 33.9. The van der Waals surface area contributed by atoms with Crippen molar-refractivity contribution in [1.29, 1.82) is 0 Å². The van der Waals surface area contributed by atoms with Gasteiger partial charge in [0.15, 0.2) is 17.4 Å². The topological polar surface area (TPSA) is 81.4 Å². The highest BCUT2D eigenvalue weighted by Crippen LogP contribution is 2.32. The highest BCUT2D eigenvalue weighted by atomic mass is 35.5. The second kappa shape index (κ2) is 11.3. The van der Waals surface area contributed by atoms with Crippen LogP contribution in [0.25, 0.3) is 0 Å². The number of hydrogen-bond donors (Lipinski definition) is 1. The van der Waals surface area contributed by atoms with Gasteiger partial charge in [-0.3, -0.25) is 9.59 Å². The molecule has 0 bridgehead atoms. The van der Waals surface area contributed by atoms with Crippen molar-refractivity contribution in [2.24, 2.45) is 11.8 Å². The number of rotatable bonds is 8. The highest BCUT2D eigenvalue weighted by molar-refractivity contribution is 6.29. The number of carboxylic acid groups (broad SMARTS) is 1. The number of benzene rings is 1. The molecule has 0 aliphatic heterocycles. The van der Waals surface area contributed by atoms with E-state index < -0.39 is 23.2 Å². The summed E-state index contributed by atoms with van der Waals surface area (Å²) in [7, 11) is 1.52. The van der Waals surface area contributed by atoms with Gasteiger partial charge in [0.2, 0.25) is 5.28 Å². The van der Waals surface area contributed by atoms with Crippen molar-refractivity contribution < 1.29 is 28.2 Å². The predicted octanol–water partition coefficient (Wildman–Crippen LogP) is 5.49. The largest absolute Gasteiger partial charge is 0.481 e. The lowest BCUT2D eigenvalue weighted by Gasteiger charge is -2.25. The smallest absolute Gasteiger partial charge is 0.306 e. The third-order valence-electron chi connectivity index (χ3n) is 6.48. The maximum Gasteiger partial charge on any atom is 0.306 e. The van der Waals surface area contributed by atoms with Crippen LogP contribution in [-0.4, -0.2) is 39.1 Å². The Morgan fingerprint density at radius 2 is 1.91 bits per heavy atom. The Hall–Kier alpha value is -2.76. The molecule has 0 spiro atoms. The maximum atomic E-state index is 13.8. The molecule has 188 valence electrons. The summed E-state index contributed by atoms with van der Waals surface area (Å²) >= 11 is 6.37. The van der Waals surface area contributed by atoms with Gasteiger partial charge in [0.05, 0.1) is 12.5 Å². The summed E-state index contributed by atoms with van der Waals surface area (Å²) in [5, 5.41) is 9.20. The molecule has 1 heterocycles. The summed E-state index contributed by atoms with van der Waals surface area (Å²) in [5.74, 6) is 2.84. The standard InChI is InChI=1S/C26H29ClF2N2O4/c1-26(2,35-3)13-12-21-23(22(32)11-7-16-4-8-18(9-5-16)24(33)34)31(25(27)30-21)15-17-6-10-19(28)20(29)14-17/h6,10,14,16,18H,4-5,7-9,11,15H2,1-3H3,(H,33,34). The predicted molar refractivity (Wildman–Crippen MR) is 127 cm³/mol. The number of Topliss-reactive ketones (excluding diaryl/α,β-unsaturated/α-hetero) is 1. The van der Waals surface area contributed by atoms with Gasteiger partial charge in [-0.1, -0.05) is 12.0 Å². The molecule has 0 amide bonds. The van der Waals surface area contributed by atoms with Gasteiger partial charge < -0.3 is 14.4 Å². The molecule has 35 heavy (non-hydrogen) atoms. The van der Waals surface area contributed by atoms with Crippen LogP contribution in [0.1, 0.15) is 74.1 Å². The fourth-order valence-electron chi connectivity index (χ4n) is 4.17. The van der Waals surface area contributed by atoms with Gasteiger partial charge in [0.1, 0.15) is 17.0 Å². The molecular weight excluding hydrogens is 478 g/mol. The van der Waals surface area contributed by atoms with E-state index >= 15 is 0 Å². The van der Waals surface area contributed by atoms with Crippen molar-refractivity contribution >= 4 is 23.4 Å². The van der Waals surface area contributed by atoms with Gasteiger partial charge in [0.25, 0.3) is 0 Å². The Morgan fingerprint density at radius 3 is 2.51 bits per heavy atom. The number of methoxy groups -OCH3 is 1. The molecule has 0 radical (unpaired) electrons. The van der Waals surface area contributed by atoms with Crippen molar-refractivity contribution in [3.8, 4) is 11.8 Å². The van der Waals surface area contributed by atoms with Gasteiger partial charge in [-0.05, 0) is 87.1 Å². The first-order chi connectivity index (χ1) is 16.5. The molecular formula is C26H29ClF2N2O4. The van der Waals surface area contributed by atoms with E-state index in [0.29, 0.717) is 24.8 Å². The minimum absolute atomic E-state index is 0.0135. The number of aliphatic carboxylic acids is 1. The van der Waals surface area contributed by atoms with E-state index in [1.54, 1.807) is 13.8 Å². The number of carbonyl (C=O) groups is 2. The molecule has 3 rings (SSSR count). The van der Waals surface area contributed by atoms with E-state index in [1.165, 1.54) is 17.7 Å². The molecule has 1 fully saturated rings. The minimum atomic E-state index is -0.995. The lowest BCUT2D eigenvalue weighted by atomic mass is 9.79. The van der Waals surface area contributed by atoms with Crippen molar-refractivity contribution in [3.05, 3.63) is 52.1 Å². The lowest BCUT2D eigenvalue weighted by Crippen LogP contribution is -2.22. The van der Waals surface area contributed by atoms with Crippen molar-refractivity contribution in [1.82, 2.24) is 9.55 Å². The summed E-state index contributed by atoms with van der Waals surface area (Å²) in [6.07, 6.45) is 3.55. The second-order valence-electron chi connectivity index (χ2n) is 9.39. The minimum Gasteiger partial charge on any atom is -0.481 e. The average Bonchev–Trinajstić information content (AvgIpc) is 3.13. The number of ether oxygens (including phenoxy) is 1. The highest BCUT2D eigenvalue weighted by Gasteiger charge is 2.28. The van der Waals surface area contributed by atoms with Crippen molar-refractivity contribution in [2.75, 3.05) is 7.11 Å². The molecule has 2 aromatic rings. The van der Waals surface area contributed by atoms with Crippen molar-refractivity contribution in [3.63, 3.8) is 0 Å². The Bertz CT molecular complexity index is 1160. The summed E-state index contributed by atoms with van der Waals surface area (Å²) in [6.45, 7) is 3.56. The molecule has 9 heteroatoms. The summed E-state index contributed by atoms with van der Waals surface area (Å²) in [5.41, 5.74) is 0.0426. The molecule has 0 unspecified atom stereocenters. The first-order valence-corrected chi connectivity index (χ1v) is 11.9. The van der Waals surface area contributed by atoms with Gasteiger partial charge in [-0.2, -0.15) is 0 Å². The number of aromatic nitrogens is 2. The molecule has 6 nitrogen and oxygen atoms in total. The zero-order valence-corrected chi connectivity index (χ0v) is 20.8. The number of imidazole rings is 1. The maximum absolute atomic E-state index is 13.8. The quantitative estimate of drug-likeness (QED) is 0.378. The SMILES string of the molecule is COC(C)(C)C#Cc1nc(Cl)n(Cc2ccc(F)c(F)c2)c1C(=O)CCC1CCC(C(=O)O)CC1. The monoisotopic (exact) mass is 506 g/mol. The third kappa shape index (κ3) is 6.89. The second-order valence-corrected chi connectivity index (χ2v) is 9.73. The molecule has 1 N–H and O–H groups in total. The number of ketones is 1. The average molecular weight is 507 g/mol. The Labute approximate surface area is 208 Å². The van der Waals surface area contributed by atoms with Crippen molar-refractivity contribution in [2.45, 2.75) is 64.5 Å². The number of carboxylic acids is 1. The number of nitrogens with zero attached hydrogens (tertiary/aromatic N) is 2. The van der Waals surface area contributed by atoms with Gasteiger partial charge in [-0.15, -0.1) is 0 Å². The first-order valence-electron chi connectivity index (χ1n) is 11.5. The van der Waals surface area contributed by atoms with Crippen LogP contribution in [-0.2, 0) is 16.1 Å². The molecule has 1 aliphatic rings. The van der Waals surface area contributed by atoms with Crippen LogP contribution >= 0.6 is 11.6 Å². The van der Waals surface area contributed by atoms with E-state index in [0.717, 1.165) is 25.0 Å². The van der Waals surface area contributed by atoms with Gasteiger partial charge in [0, 0.05) is 13.5 Å². The Kier molecular flexibility index (Phi) is 8.68. The fraction of sp³-hybridized carbons (Fsp3) is 0.500. The van der Waals surface area contributed by atoms with E-state index in [1.807, 2.05) is 0 Å². The Balaban J connectivity index is 1.86. The number of carbonyl (C=O) groups excluding carboxylic acids is 1. The lowest BCUT2D eigenvalue weighted by molar-refractivity contribution is -0.143. The molecule has 0 atom stereocenters. The van der Waals surface area contributed by atoms with E-state index in [2.05, 4.69) is 16.8 Å². The van der Waals surface area contributed by atoms with E-state index in [4.69, 9.17) is 16.3 Å². The third-order valence-corrected chi connectivity index (χ3v) is 6.77. The molecule has 1 aliphatic carbocycles. The van der Waals surface area contributed by atoms with Gasteiger partial charge >= 0.3 is 5.97 Å². The van der Waals surface area contributed by atoms with Crippen LogP contribution < -0.4 is 0 Å². The van der Waals surface area contributed by atoms with E-state index in [-0.39, 0.29) is 47.3 Å². The van der Waals surface area contributed by atoms with Crippen LogP contribution in [0, 0.1) is 35.3 Å².